The smallest absolute Gasteiger partial charge is 0.166 e. The van der Waals surface area contributed by atoms with E-state index in [1.165, 1.54) is 29.0 Å². The summed E-state index contributed by atoms with van der Waals surface area (Å²) in [6.07, 6.45) is 4.88. The van der Waals surface area contributed by atoms with Gasteiger partial charge in [-0.2, -0.15) is 0 Å². The van der Waals surface area contributed by atoms with Crippen LogP contribution in [0.3, 0.4) is 0 Å². The fraction of sp³-hybridized carbons (Fsp3) is 0.440. The van der Waals surface area contributed by atoms with Crippen LogP contribution < -0.4 is 9.46 Å². The van der Waals surface area contributed by atoms with Crippen LogP contribution >= 0.6 is 23.5 Å². The molecule has 2 heterocycles. The molecule has 8 heteroatoms. The van der Waals surface area contributed by atoms with Gasteiger partial charge in [0.2, 0.25) is 0 Å². The Morgan fingerprint density at radius 2 is 1.97 bits per heavy atom. The van der Waals surface area contributed by atoms with Gasteiger partial charge in [0.15, 0.2) is 11.6 Å². The topological polar surface area (TPSA) is 43.5 Å². The largest absolute Gasteiger partial charge is 0.490 e. The molecule has 1 aromatic heterocycles. The molecule has 0 saturated carbocycles. The number of hydrogen-bond acceptors (Lipinski definition) is 5. The van der Waals surface area contributed by atoms with Gasteiger partial charge in [0, 0.05) is 66.3 Å². The number of benzene rings is 2. The third-order valence-electron chi connectivity index (χ3n) is 6.02. The Hall–Kier alpha value is -1.77. The maximum Gasteiger partial charge on any atom is 0.166 e. The van der Waals surface area contributed by atoms with Crippen molar-refractivity contribution in [1.82, 2.24) is 19.5 Å². The van der Waals surface area contributed by atoms with Crippen LogP contribution in [0.5, 0.6) is 5.75 Å². The van der Waals surface area contributed by atoms with Gasteiger partial charge in [-0.1, -0.05) is 11.6 Å². The quantitative estimate of drug-likeness (QED) is 0.285. The molecule has 2 aromatic carbocycles. The highest BCUT2D eigenvalue weighted by Gasteiger charge is 2.13. The summed E-state index contributed by atoms with van der Waals surface area (Å²) in [5, 5.41) is 1.93. The lowest BCUT2D eigenvalue weighted by molar-refractivity contribution is 0.145. The van der Waals surface area contributed by atoms with E-state index in [4.69, 9.17) is 16.3 Å². The minimum Gasteiger partial charge on any atom is -0.490 e. The molecular formula is C25H32ClFN4OS. The second kappa shape index (κ2) is 12.1. The van der Waals surface area contributed by atoms with Gasteiger partial charge in [0.1, 0.15) is 0 Å². The Labute approximate surface area is 204 Å². The van der Waals surface area contributed by atoms with Gasteiger partial charge in [-0.05, 0) is 80.2 Å². The number of H-pyrrole nitrogens is 1. The van der Waals surface area contributed by atoms with Crippen molar-refractivity contribution in [1.29, 1.82) is 0 Å². The van der Waals surface area contributed by atoms with E-state index in [1.807, 2.05) is 30.5 Å². The molecule has 0 aliphatic carbocycles. The fourth-order valence-electron chi connectivity index (χ4n) is 4.05. The molecule has 0 unspecified atom stereocenters. The molecule has 5 nitrogen and oxygen atoms in total. The Bertz CT molecular complexity index is 1040. The van der Waals surface area contributed by atoms with Crippen molar-refractivity contribution < 1.29 is 9.13 Å². The lowest BCUT2D eigenvalue weighted by atomic mass is 10.1. The normalized spacial score (nSPS) is 15.4. The van der Waals surface area contributed by atoms with E-state index in [1.54, 1.807) is 6.07 Å². The summed E-state index contributed by atoms with van der Waals surface area (Å²) < 4.78 is 23.4. The van der Waals surface area contributed by atoms with Gasteiger partial charge in [0.25, 0.3) is 0 Å². The molecule has 1 aliphatic rings. The van der Waals surface area contributed by atoms with Crippen molar-refractivity contribution in [2.45, 2.75) is 24.2 Å². The molecule has 178 valence electrons. The zero-order chi connectivity index (χ0) is 23.0. The van der Waals surface area contributed by atoms with Crippen LogP contribution in [0.4, 0.5) is 4.39 Å². The highest BCUT2D eigenvalue weighted by Crippen LogP contribution is 2.25. The van der Waals surface area contributed by atoms with Crippen LogP contribution in [-0.4, -0.2) is 67.7 Å². The Balaban J connectivity index is 1.14. The van der Waals surface area contributed by atoms with Crippen molar-refractivity contribution in [3.05, 3.63) is 59.0 Å². The molecule has 4 rings (SSSR count). The average molecular weight is 491 g/mol. The molecule has 0 atom stereocenters. The molecule has 0 spiro atoms. The third kappa shape index (κ3) is 7.11. The molecule has 0 radical (unpaired) electrons. The Morgan fingerprint density at radius 3 is 2.79 bits per heavy atom. The Morgan fingerprint density at radius 1 is 1.12 bits per heavy atom. The number of rotatable bonds is 11. The predicted molar refractivity (Wildman–Crippen MR) is 136 cm³/mol. The summed E-state index contributed by atoms with van der Waals surface area (Å²) in [5.41, 5.74) is 2.37. The maximum atomic E-state index is 14.4. The van der Waals surface area contributed by atoms with Crippen molar-refractivity contribution in [2.75, 3.05) is 52.9 Å². The van der Waals surface area contributed by atoms with Gasteiger partial charge < -0.3 is 19.5 Å². The van der Waals surface area contributed by atoms with E-state index in [0.29, 0.717) is 12.4 Å². The molecule has 0 bridgehead atoms. The van der Waals surface area contributed by atoms with E-state index in [0.717, 1.165) is 74.0 Å². The monoisotopic (exact) mass is 490 g/mol. The molecular weight excluding hydrogens is 459 g/mol. The number of fused-ring (bicyclic) bond motifs is 1. The number of aromatic amines is 1. The molecule has 0 amide bonds. The predicted octanol–water partition coefficient (Wildman–Crippen LogP) is 5.21. The first kappa shape index (κ1) is 24.4. The number of ether oxygens (including phenoxy) is 1. The Kier molecular flexibility index (Phi) is 8.92. The number of likely N-dealkylation sites (N-methyl/N-ethyl adjacent to an activating group) is 1. The van der Waals surface area contributed by atoms with E-state index < -0.39 is 0 Å². The lowest BCUT2D eigenvalue weighted by Gasteiger charge is -2.32. The van der Waals surface area contributed by atoms with Crippen LogP contribution in [0.2, 0.25) is 5.02 Å². The number of nitrogens with zero attached hydrogens (tertiary/aromatic N) is 2. The molecule has 1 aliphatic heterocycles. The number of aryl methyl sites for hydroxylation is 1. The van der Waals surface area contributed by atoms with Crippen molar-refractivity contribution in [3.8, 4) is 5.75 Å². The maximum absolute atomic E-state index is 14.4. The van der Waals surface area contributed by atoms with E-state index in [-0.39, 0.29) is 5.82 Å². The van der Waals surface area contributed by atoms with Crippen LogP contribution in [0, 0.1) is 5.82 Å². The fourth-order valence-corrected chi connectivity index (χ4v) is 4.93. The minimum atomic E-state index is -0.308. The van der Waals surface area contributed by atoms with Gasteiger partial charge in [-0.15, -0.1) is 0 Å². The van der Waals surface area contributed by atoms with Crippen molar-refractivity contribution >= 4 is 34.5 Å². The summed E-state index contributed by atoms with van der Waals surface area (Å²) in [6, 6.07) is 11.1. The lowest BCUT2D eigenvalue weighted by Crippen LogP contribution is -2.44. The van der Waals surface area contributed by atoms with Crippen LogP contribution in [0.15, 0.2) is 47.5 Å². The van der Waals surface area contributed by atoms with Crippen molar-refractivity contribution in [2.24, 2.45) is 0 Å². The summed E-state index contributed by atoms with van der Waals surface area (Å²) in [5.74, 6) is 0.0211. The first-order chi connectivity index (χ1) is 16.1. The van der Waals surface area contributed by atoms with Gasteiger partial charge >= 0.3 is 0 Å². The molecule has 2 N–H and O–H groups in total. The minimum absolute atomic E-state index is 0.308. The molecule has 3 aromatic rings. The number of halogens is 2. The summed E-state index contributed by atoms with van der Waals surface area (Å²) in [7, 11) is 2.16. The van der Waals surface area contributed by atoms with E-state index in [2.05, 4.69) is 26.6 Å². The molecule has 1 saturated heterocycles. The summed E-state index contributed by atoms with van der Waals surface area (Å²) in [4.78, 5) is 8.92. The first-order valence-electron chi connectivity index (χ1n) is 11.6. The van der Waals surface area contributed by atoms with Crippen molar-refractivity contribution in [3.63, 3.8) is 0 Å². The zero-order valence-electron chi connectivity index (χ0n) is 19.1. The van der Waals surface area contributed by atoms with Crippen LogP contribution in [0.25, 0.3) is 10.9 Å². The van der Waals surface area contributed by atoms with Crippen LogP contribution in [0.1, 0.15) is 18.4 Å². The number of piperazine rings is 1. The molecule has 1 fully saturated rings. The average Bonchev–Trinajstić information content (AvgIpc) is 3.21. The first-order valence-corrected chi connectivity index (χ1v) is 12.8. The standard InChI is InChI=1S/C25H32ClFN4OS/c1-30-11-13-31(14-12-30)10-3-15-32-25-8-6-21(17-23(25)27)33-29-9-2-4-19-18-28-24-7-5-20(26)16-22(19)24/h5-8,16-18,28-29H,2-4,9-15H2,1H3. The van der Waals surface area contributed by atoms with Crippen LogP contribution in [-0.2, 0) is 6.42 Å². The molecule has 33 heavy (non-hydrogen) atoms. The van der Waals surface area contributed by atoms with Gasteiger partial charge in [-0.25, -0.2) is 4.39 Å². The zero-order valence-corrected chi connectivity index (χ0v) is 20.7. The summed E-state index contributed by atoms with van der Waals surface area (Å²) >= 11 is 7.57. The van der Waals surface area contributed by atoms with Gasteiger partial charge in [0.05, 0.1) is 6.61 Å². The third-order valence-corrected chi connectivity index (χ3v) is 7.09. The number of nitrogens with one attached hydrogen (secondary N) is 2. The number of hydrogen-bond donors (Lipinski definition) is 2. The number of aromatic nitrogens is 1. The van der Waals surface area contributed by atoms with E-state index >= 15 is 0 Å². The second-order valence-corrected chi connectivity index (χ2v) is 9.94. The highest BCUT2D eigenvalue weighted by molar-refractivity contribution is 7.97. The van der Waals surface area contributed by atoms with Gasteiger partial charge in [-0.3, -0.25) is 4.72 Å². The highest BCUT2D eigenvalue weighted by atomic mass is 35.5. The summed E-state index contributed by atoms with van der Waals surface area (Å²) in [6.45, 7) is 6.77. The second-order valence-electron chi connectivity index (χ2n) is 8.54. The van der Waals surface area contributed by atoms with E-state index in [9.17, 15) is 4.39 Å². The SMILES string of the molecule is CN1CCN(CCCOc2ccc(SNCCCc3c[nH]c4ccc(Cl)cc34)cc2F)CC1.